The molecule has 0 atom stereocenters. The van der Waals surface area contributed by atoms with Gasteiger partial charge in [0.15, 0.2) is 0 Å². The highest BCUT2D eigenvalue weighted by molar-refractivity contribution is 9.10. The van der Waals surface area contributed by atoms with Crippen LogP contribution in [0.3, 0.4) is 0 Å². The first-order valence-electron chi connectivity index (χ1n) is 5.02. The molecule has 6 heteroatoms. The van der Waals surface area contributed by atoms with Crippen molar-refractivity contribution in [2.24, 2.45) is 0 Å². The molecule has 0 aliphatic rings. The van der Waals surface area contributed by atoms with Gasteiger partial charge in [0, 0.05) is 20.4 Å². The summed E-state index contributed by atoms with van der Waals surface area (Å²) >= 11 is 10.8. The van der Waals surface area contributed by atoms with Gasteiger partial charge in [-0.1, -0.05) is 17.7 Å². The van der Waals surface area contributed by atoms with Crippen LogP contribution in [0, 0.1) is 0 Å². The minimum atomic E-state index is -0.511. The molecule has 94 valence electrons. The highest BCUT2D eigenvalue weighted by Gasteiger charge is 2.15. The Balaban J connectivity index is 2.08. The molecule has 0 bridgehead atoms. The van der Waals surface area contributed by atoms with Gasteiger partial charge in [0.2, 0.25) is 0 Å². The Morgan fingerprint density at radius 3 is 2.89 bits per heavy atom. The van der Waals surface area contributed by atoms with Crippen LogP contribution in [0.5, 0.6) is 0 Å². The van der Waals surface area contributed by atoms with E-state index in [4.69, 9.17) is 22.1 Å². The number of esters is 1. The van der Waals surface area contributed by atoms with E-state index in [1.165, 1.54) is 11.3 Å². The van der Waals surface area contributed by atoms with E-state index in [-0.39, 0.29) is 12.2 Å². The SMILES string of the molecule is Nc1cccc(Cl)c1C(=O)OCc1cc(Br)cs1. The average molecular weight is 347 g/mol. The van der Waals surface area contributed by atoms with Crippen LogP contribution in [-0.2, 0) is 11.3 Å². The molecule has 18 heavy (non-hydrogen) atoms. The number of hydrogen-bond donors (Lipinski definition) is 1. The number of nitrogen functional groups attached to an aromatic ring is 1. The minimum absolute atomic E-state index is 0.208. The fourth-order valence-corrected chi connectivity index (χ4v) is 3.02. The van der Waals surface area contributed by atoms with E-state index in [0.29, 0.717) is 10.7 Å². The van der Waals surface area contributed by atoms with Crippen molar-refractivity contribution in [2.75, 3.05) is 5.73 Å². The molecule has 0 saturated heterocycles. The molecule has 0 unspecified atom stereocenters. The molecule has 1 heterocycles. The smallest absolute Gasteiger partial charge is 0.342 e. The van der Waals surface area contributed by atoms with Crippen LogP contribution in [0.25, 0.3) is 0 Å². The molecule has 0 aliphatic heterocycles. The van der Waals surface area contributed by atoms with E-state index in [2.05, 4.69) is 15.9 Å². The molecule has 1 aromatic carbocycles. The Kier molecular flexibility index (Phi) is 4.27. The molecule has 0 spiro atoms. The summed E-state index contributed by atoms with van der Waals surface area (Å²) in [5.74, 6) is -0.511. The van der Waals surface area contributed by atoms with Crippen LogP contribution in [0.2, 0.25) is 5.02 Å². The topological polar surface area (TPSA) is 52.3 Å². The number of halogens is 2. The fourth-order valence-electron chi connectivity index (χ4n) is 1.39. The highest BCUT2D eigenvalue weighted by Crippen LogP contribution is 2.24. The third-order valence-electron chi connectivity index (χ3n) is 2.22. The summed E-state index contributed by atoms with van der Waals surface area (Å²) in [6, 6.07) is 6.80. The number of anilines is 1. The monoisotopic (exact) mass is 345 g/mol. The van der Waals surface area contributed by atoms with E-state index in [1.54, 1.807) is 18.2 Å². The Bertz CT molecular complexity index is 565. The van der Waals surface area contributed by atoms with E-state index < -0.39 is 5.97 Å². The van der Waals surface area contributed by atoms with Crippen molar-refractivity contribution < 1.29 is 9.53 Å². The zero-order chi connectivity index (χ0) is 13.1. The van der Waals surface area contributed by atoms with Gasteiger partial charge in [-0.05, 0) is 34.1 Å². The van der Waals surface area contributed by atoms with Gasteiger partial charge in [0.25, 0.3) is 0 Å². The maximum Gasteiger partial charge on any atom is 0.342 e. The van der Waals surface area contributed by atoms with Gasteiger partial charge in [-0.15, -0.1) is 11.3 Å². The van der Waals surface area contributed by atoms with Crippen molar-refractivity contribution >= 4 is 50.5 Å². The quantitative estimate of drug-likeness (QED) is 0.672. The summed E-state index contributed by atoms with van der Waals surface area (Å²) in [5.41, 5.74) is 6.24. The van der Waals surface area contributed by atoms with E-state index in [1.807, 2.05) is 11.4 Å². The van der Waals surface area contributed by atoms with Gasteiger partial charge in [-0.2, -0.15) is 0 Å². The zero-order valence-electron chi connectivity index (χ0n) is 9.15. The molecule has 0 aliphatic carbocycles. The number of rotatable bonds is 3. The van der Waals surface area contributed by atoms with Gasteiger partial charge in [-0.25, -0.2) is 4.79 Å². The maximum absolute atomic E-state index is 11.9. The molecule has 0 amide bonds. The van der Waals surface area contributed by atoms with Crippen molar-refractivity contribution in [3.63, 3.8) is 0 Å². The van der Waals surface area contributed by atoms with Crippen molar-refractivity contribution in [1.29, 1.82) is 0 Å². The van der Waals surface area contributed by atoms with Crippen molar-refractivity contribution in [1.82, 2.24) is 0 Å². The molecular formula is C12H9BrClNO2S. The molecule has 0 radical (unpaired) electrons. The molecule has 2 rings (SSSR count). The molecule has 0 fully saturated rings. The molecule has 1 aromatic heterocycles. The Labute approximate surface area is 122 Å². The predicted octanol–water partition coefficient (Wildman–Crippen LogP) is 4.10. The van der Waals surface area contributed by atoms with Crippen LogP contribution in [0.15, 0.2) is 34.1 Å². The third-order valence-corrected chi connectivity index (χ3v) is 4.20. The maximum atomic E-state index is 11.9. The first kappa shape index (κ1) is 13.4. The minimum Gasteiger partial charge on any atom is -0.456 e. The second-order valence-corrected chi connectivity index (χ2v) is 5.83. The highest BCUT2D eigenvalue weighted by atomic mass is 79.9. The standard InChI is InChI=1S/C12H9BrClNO2S/c13-7-4-8(18-6-7)5-17-12(16)11-9(14)2-1-3-10(11)15/h1-4,6H,5,15H2. The first-order valence-corrected chi connectivity index (χ1v) is 7.07. The second kappa shape index (κ2) is 5.73. The second-order valence-electron chi connectivity index (χ2n) is 3.51. The van der Waals surface area contributed by atoms with Gasteiger partial charge >= 0.3 is 5.97 Å². The molecular weight excluding hydrogens is 338 g/mol. The predicted molar refractivity (Wildman–Crippen MR) is 77.0 cm³/mol. The number of ether oxygens (including phenoxy) is 1. The Hall–Kier alpha value is -1.04. The van der Waals surface area contributed by atoms with Crippen molar-refractivity contribution in [3.8, 4) is 0 Å². The number of carbonyl (C=O) groups is 1. The lowest BCUT2D eigenvalue weighted by Gasteiger charge is -2.07. The molecule has 2 aromatic rings. The van der Waals surface area contributed by atoms with E-state index in [9.17, 15) is 4.79 Å². The summed E-state index contributed by atoms with van der Waals surface area (Å²) < 4.78 is 6.14. The number of hydrogen-bond acceptors (Lipinski definition) is 4. The molecule has 0 saturated carbocycles. The molecule has 2 N–H and O–H groups in total. The van der Waals surface area contributed by atoms with Crippen LogP contribution >= 0.6 is 38.9 Å². The summed E-state index contributed by atoms with van der Waals surface area (Å²) in [6.07, 6.45) is 0. The normalized spacial score (nSPS) is 10.3. The van der Waals surface area contributed by atoms with Gasteiger partial charge in [0.05, 0.1) is 5.02 Å². The van der Waals surface area contributed by atoms with Crippen molar-refractivity contribution in [2.45, 2.75) is 6.61 Å². The van der Waals surface area contributed by atoms with Crippen LogP contribution < -0.4 is 5.73 Å². The lowest BCUT2D eigenvalue weighted by molar-refractivity contribution is 0.0478. The Morgan fingerprint density at radius 1 is 1.50 bits per heavy atom. The number of thiophene rings is 1. The van der Waals surface area contributed by atoms with Crippen LogP contribution in [-0.4, -0.2) is 5.97 Å². The first-order chi connectivity index (χ1) is 8.58. The van der Waals surface area contributed by atoms with Gasteiger partial charge in [-0.3, -0.25) is 0 Å². The van der Waals surface area contributed by atoms with Gasteiger partial charge in [0.1, 0.15) is 12.2 Å². The van der Waals surface area contributed by atoms with E-state index in [0.717, 1.165) is 9.35 Å². The summed E-state index contributed by atoms with van der Waals surface area (Å²) in [6.45, 7) is 0.208. The summed E-state index contributed by atoms with van der Waals surface area (Å²) in [5, 5.41) is 2.22. The summed E-state index contributed by atoms with van der Waals surface area (Å²) in [4.78, 5) is 12.8. The summed E-state index contributed by atoms with van der Waals surface area (Å²) in [7, 11) is 0. The number of nitrogens with two attached hydrogens (primary N) is 1. The zero-order valence-corrected chi connectivity index (χ0v) is 12.3. The van der Waals surface area contributed by atoms with Crippen LogP contribution in [0.1, 0.15) is 15.2 Å². The van der Waals surface area contributed by atoms with Gasteiger partial charge < -0.3 is 10.5 Å². The van der Waals surface area contributed by atoms with Crippen LogP contribution in [0.4, 0.5) is 5.69 Å². The lowest BCUT2D eigenvalue weighted by Crippen LogP contribution is -2.08. The Morgan fingerprint density at radius 2 is 2.28 bits per heavy atom. The number of carbonyl (C=O) groups excluding carboxylic acids is 1. The largest absolute Gasteiger partial charge is 0.456 e. The van der Waals surface area contributed by atoms with Crippen molar-refractivity contribution in [3.05, 3.63) is 49.6 Å². The fraction of sp³-hybridized carbons (Fsp3) is 0.0833. The third kappa shape index (κ3) is 3.04. The average Bonchev–Trinajstić information content (AvgIpc) is 2.72. The lowest BCUT2D eigenvalue weighted by atomic mass is 10.2. The molecule has 3 nitrogen and oxygen atoms in total. The van der Waals surface area contributed by atoms with E-state index >= 15 is 0 Å². The number of benzene rings is 1.